The van der Waals surface area contributed by atoms with Crippen LogP contribution in [0.3, 0.4) is 0 Å². The second kappa shape index (κ2) is 13.4. The predicted octanol–water partition coefficient (Wildman–Crippen LogP) is 7.24. The summed E-state index contributed by atoms with van der Waals surface area (Å²) in [5.74, 6) is 0.864. The van der Waals surface area contributed by atoms with Gasteiger partial charge in [0.2, 0.25) is 5.91 Å². The molecule has 0 bridgehead atoms. The maximum absolute atomic E-state index is 13.8. The fraction of sp³-hybridized carbons (Fsp3) is 0.690. The minimum atomic E-state index is -3.03. The number of fused-ring (bicyclic) bond motifs is 7. The van der Waals surface area contributed by atoms with Crippen molar-refractivity contribution in [2.24, 2.45) is 51.2 Å². The monoisotopic (exact) mass is 754 g/mol. The van der Waals surface area contributed by atoms with Crippen molar-refractivity contribution in [3.63, 3.8) is 0 Å². The molecule has 1 saturated heterocycles. The molecule has 7 rings (SSSR count). The van der Waals surface area contributed by atoms with E-state index in [1.807, 2.05) is 17.0 Å². The predicted molar refractivity (Wildman–Crippen MR) is 207 cm³/mol. The van der Waals surface area contributed by atoms with Gasteiger partial charge >= 0.3 is 5.97 Å². The molecule has 8 nitrogen and oxygen atoms in total. The summed E-state index contributed by atoms with van der Waals surface area (Å²) in [5.41, 5.74) is 4.94. The number of halogens is 1. The third-order valence-corrected chi connectivity index (χ3v) is 17.1. The summed E-state index contributed by atoms with van der Waals surface area (Å²) in [5, 5.41) is 12.9. The van der Waals surface area contributed by atoms with E-state index in [1.54, 1.807) is 12.1 Å². The number of amides is 1. The molecule has 0 aromatic heterocycles. The number of nitrogens with zero attached hydrogens (tertiary/aromatic N) is 1. The van der Waals surface area contributed by atoms with Gasteiger partial charge in [-0.3, -0.25) is 14.5 Å². The summed E-state index contributed by atoms with van der Waals surface area (Å²) in [4.78, 5) is 41.0. The highest BCUT2D eigenvalue weighted by Crippen LogP contribution is 2.75. The summed E-state index contributed by atoms with van der Waals surface area (Å²) in [6.07, 6.45) is 9.11. The van der Waals surface area contributed by atoms with Crippen LogP contribution in [0.5, 0.6) is 0 Å². The van der Waals surface area contributed by atoms with Gasteiger partial charge in [0.05, 0.1) is 23.6 Å². The lowest BCUT2D eigenvalue weighted by atomic mass is 9.33. The van der Waals surface area contributed by atoms with Crippen molar-refractivity contribution in [2.45, 2.75) is 99.5 Å². The maximum atomic E-state index is 13.8. The van der Waals surface area contributed by atoms with Gasteiger partial charge < -0.3 is 10.4 Å². The second-order valence-electron chi connectivity index (χ2n) is 18.6. The zero-order valence-corrected chi connectivity index (χ0v) is 33.7. The summed E-state index contributed by atoms with van der Waals surface area (Å²) >= 11 is 0. The fourth-order valence-electron chi connectivity index (χ4n) is 13.1. The van der Waals surface area contributed by atoms with E-state index in [0.717, 1.165) is 49.7 Å². The van der Waals surface area contributed by atoms with Crippen molar-refractivity contribution in [3.8, 4) is 0 Å². The number of aromatic carboxylic acids is 1. The average Bonchev–Trinajstić information content (AvgIpc) is 3.39. The standard InChI is InChI=1S/C42H58N2O6S.ClH/c1-25(2)36-32(45)22-28-31(43-35(46)24-44-18-20-51(49,50)21-19-44)23-42(7)30(37(28)36)12-13-34-40(5)16-14-29(26-8-10-27(11-9-26)38(47)48)39(3,4)33(40)15-17-41(34,42)6;/h8-11,14,25,28,30-31,33-34H,12-13,15-24H2,1-7H3,(H,43,46)(H,47,48);1H/t28?,30?,31-,33?,34?,40-,41+,42+;/m0./s1. The van der Waals surface area contributed by atoms with Crippen LogP contribution in [-0.2, 0) is 19.4 Å². The van der Waals surface area contributed by atoms with Crippen LogP contribution < -0.4 is 5.32 Å². The van der Waals surface area contributed by atoms with E-state index >= 15 is 0 Å². The van der Waals surface area contributed by atoms with E-state index in [1.165, 1.54) is 11.1 Å². The first-order valence-corrected chi connectivity index (χ1v) is 21.2. The highest BCUT2D eigenvalue weighted by molar-refractivity contribution is 7.91. The number of sulfone groups is 1. The number of carbonyl (C=O) groups excluding carboxylic acids is 2. The maximum Gasteiger partial charge on any atom is 0.335 e. The van der Waals surface area contributed by atoms with Gasteiger partial charge in [-0.15, -0.1) is 12.4 Å². The molecule has 286 valence electrons. The van der Waals surface area contributed by atoms with Crippen LogP contribution in [-0.4, -0.2) is 73.3 Å². The van der Waals surface area contributed by atoms with Gasteiger partial charge in [0, 0.05) is 31.5 Å². The van der Waals surface area contributed by atoms with Gasteiger partial charge in [0.1, 0.15) is 0 Å². The Morgan fingerprint density at radius 2 is 1.62 bits per heavy atom. The third-order valence-electron chi connectivity index (χ3n) is 15.5. The molecule has 3 saturated carbocycles. The molecule has 8 atom stereocenters. The van der Waals surface area contributed by atoms with Crippen LogP contribution in [0.15, 0.2) is 41.5 Å². The van der Waals surface area contributed by atoms with Gasteiger partial charge in [-0.25, -0.2) is 13.2 Å². The Bertz CT molecular complexity index is 1800. The zero-order valence-electron chi connectivity index (χ0n) is 32.1. The van der Waals surface area contributed by atoms with Crippen molar-refractivity contribution in [1.29, 1.82) is 0 Å². The third kappa shape index (κ3) is 6.03. The molecule has 0 radical (unpaired) electrons. The Balaban J connectivity index is 0.00000464. The van der Waals surface area contributed by atoms with E-state index in [9.17, 15) is 27.9 Å². The largest absolute Gasteiger partial charge is 0.478 e. The van der Waals surface area contributed by atoms with Crippen LogP contribution in [0.1, 0.15) is 109 Å². The fourth-order valence-corrected chi connectivity index (χ4v) is 14.3. The number of carbonyl (C=O) groups is 3. The number of carboxylic acids is 1. The number of benzene rings is 1. The minimum Gasteiger partial charge on any atom is -0.478 e. The van der Waals surface area contributed by atoms with E-state index in [2.05, 4.69) is 59.9 Å². The highest BCUT2D eigenvalue weighted by Gasteiger charge is 2.69. The zero-order chi connectivity index (χ0) is 36.9. The number of carboxylic acid groups (broad SMARTS) is 1. The number of rotatable bonds is 6. The van der Waals surface area contributed by atoms with Crippen LogP contribution in [0.4, 0.5) is 0 Å². The SMILES string of the molecule is CC(C)C1=C2C(CC1=O)[C@@H](NC(=O)CN1CCS(=O)(=O)CC1)C[C@]1(C)C2CCC2[C@@]3(C)CC=C(c4ccc(C(=O)O)cc4)C(C)(C)C3CC[C@]21C.Cl. The second-order valence-corrected chi connectivity index (χ2v) is 20.9. The van der Waals surface area contributed by atoms with Crippen molar-refractivity contribution in [2.75, 3.05) is 31.1 Å². The number of allylic oxidation sites excluding steroid dienone is 3. The normalized spacial score (nSPS) is 37.9. The lowest BCUT2D eigenvalue weighted by molar-refractivity contribution is -0.195. The summed E-state index contributed by atoms with van der Waals surface area (Å²) in [6, 6.07) is 7.26. The van der Waals surface area contributed by atoms with Gasteiger partial charge in [-0.2, -0.15) is 0 Å². The summed E-state index contributed by atoms with van der Waals surface area (Å²) in [6.45, 7) is 17.6. The quantitative estimate of drug-likeness (QED) is 0.314. The molecule has 1 amide bonds. The highest BCUT2D eigenvalue weighted by atomic mass is 35.5. The molecule has 6 aliphatic rings. The molecule has 52 heavy (non-hydrogen) atoms. The lowest BCUT2D eigenvalue weighted by Gasteiger charge is -2.71. The molecule has 2 N–H and O–H groups in total. The van der Waals surface area contributed by atoms with Crippen LogP contribution in [0, 0.1) is 51.2 Å². The molecule has 4 unspecified atom stereocenters. The number of Topliss-reactive ketones (excluding diaryl/α,β-unsaturated/α-hetero) is 1. The number of ketones is 1. The summed E-state index contributed by atoms with van der Waals surface area (Å²) < 4.78 is 24.1. The molecule has 1 aromatic rings. The molecular formula is C42H59ClN2O6S. The molecule has 5 aliphatic carbocycles. The summed E-state index contributed by atoms with van der Waals surface area (Å²) in [7, 11) is -3.03. The van der Waals surface area contributed by atoms with Crippen LogP contribution in [0.25, 0.3) is 5.57 Å². The van der Waals surface area contributed by atoms with E-state index < -0.39 is 15.8 Å². The molecule has 10 heteroatoms. The van der Waals surface area contributed by atoms with Crippen LogP contribution in [0.2, 0.25) is 0 Å². The molecule has 1 aliphatic heterocycles. The van der Waals surface area contributed by atoms with Crippen molar-refractivity contribution in [1.82, 2.24) is 10.2 Å². The minimum absolute atomic E-state index is 0. The number of hydrogen-bond acceptors (Lipinski definition) is 6. The van der Waals surface area contributed by atoms with Crippen LogP contribution >= 0.6 is 12.4 Å². The first-order chi connectivity index (χ1) is 23.8. The Kier molecular flexibility index (Phi) is 10.1. The lowest BCUT2D eigenvalue weighted by Crippen LogP contribution is -2.66. The van der Waals surface area contributed by atoms with Crippen molar-refractivity contribution < 1.29 is 27.9 Å². The Morgan fingerprint density at radius 1 is 0.962 bits per heavy atom. The van der Waals surface area contributed by atoms with E-state index in [0.29, 0.717) is 42.8 Å². The van der Waals surface area contributed by atoms with Gasteiger partial charge in [0.25, 0.3) is 0 Å². The van der Waals surface area contributed by atoms with E-state index in [4.69, 9.17) is 0 Å². The van der Waals surface area contributed by atoms with E-state index in [-0.39, 0.29) is 81.7 Å². The van der Waals surface area contributed by atoms with Crippen molar-refractivity contribution >= 4 is 45.5 Å². The molecular weight excluding hydrogens is 696 g/mol. The molecule has 1 aromatic carbocycles. The molecule has 0 spiro atoms. The average molecular weight is 755 g/mol. The van der Waals surface area contributed by atoms with Gasteiger partial charge in [-0.05, 0) is 113 Å². The number of hydrogen-bond donors (Lipinski definition) is 2. The number of nitrogens with one attached hydrogen (secondary N) is 1. The Hall–Kier alpha value is -2.49. The molecule has 4 fully saturated rings. The topological polar surface area (TPSA) is 121 Å². The first kappa shape index (κ1) is 39.2. The first-order valence-electron chi connectivity index (χ1n) is 19.4. The Labute approximate surface area is 317 Å². The van der Waals surface area contributed by atoms with Gasteiger partial charge in [-0.1, -0.05) is 72.2 Å². The van der Waals surface area contributed by atoms with Crippen molar-refractivity contribution in [3.05, 3.63) is 52.6 Å². The molecule has 1 heterocycles. The smallest absolute Gasteiger partial charge is 0.335 e. The van der Waals surface area contributed by atoms with Gasteiger partial charge in [0.15, 0.2) is 15.6 Å². The Morgan fingerprint density at radius 3 is 2.23 bits per heavy atom.